The number of fused-ring (bicyclic) bond motifs is 2. The zero-order valence-corrected chi connectivity index (χ0v) is 14.7. The minimum atomic E-state index is -0.688. The van der Waals surface area contributed by atoms with Crippen LogP contribution in [0, 0.1) is 0 Å². The Hall–Kier alpha value is -3.38. The number of ether oxygens (including phenoxy) is 2. The molecule has 4 aromatic rings. The normalized spacial score (nSPS) is 11.1. The van der Waals surface area contributed by atoms with Gasteiger partial charge in [0.15, 0.2) is 6.61 Å². The average Bonchev–Trinajstić information content (AvgIpc) is 3.28. The van der Waals surface area contributed by atoms with Crippen molar-refractivity contribution < 1.29 is 23.5 Å². The Bertz CT molecular complexity index is 1140. The molecule has 4 rings (SSSR count). The number of benzene rings is 2. The van der Waals surface area contributed by atoms with Crippen molar-refractivity contribution in [1.82, 2.24) is 4.98 Å². The lowest BCUT2D eigenvalue weighted by atomic mass is 10.1. The van der Waals surface area contributed by atoms with Crippen molar-refractivity contribution in [2.75, 3.05) is 13.7 Å². The highest BCUT2D eigenvalue weighted by atomic mass is 16.5. The van der Waals surface area contributed by atoms with Gasteiger partial charge in [0.25, 0.3) is 0 Å². The summed E-state index contributed by atoms with van der Waals surface area (Å²) in [5, 5.41) is 1.58. The van der Waals surface area contributed by atoms with Gasteiger partial charge < -0.3 is 18.9 Å². The summed E-state index contributed by atoms with van der Waals surface area (Å²) in [6, 6.07) is 14.7. The number of rotatable bonds is 6. The Labute approximate surface area is 154 Å². The minimum Gasteiger partial charge on any atom is -0.451 e. The lowest BCUT2D eigenvalue weighted by Crippen LogP contribution is -2.14. The topological polar surface area (TPSA) is 81.5 Å². The van der Waals surface area contributed by atoms with Gasteiger partial charge in [-0.3, -0.25) is 4.79 Å². The molecular formula is C21H17NO5. The van der Waals surface area contributed by atoms with E-state index in [0.29, 0.717) is 16.7 Å². The molecule has 0 aliphatic rings. The summed E-state index contributed by atoms with van der Waals surface area (Å²) in [5.41, 5.74) is 2.52. The first kappa shape index (κ1) is 17.1. The fourth-order valence-electron chi connectivity index (χ4n) is 3.13. The SMILES string of the molecule is COCc1c(C(=O)OCC(=O)c2c[nH]c3ccccc23)oc2ccccc12. The maximum absolute atomic E-state index is 12.5. The summed E-state index contributed by atoms with van der Waals surface area (Å²) in [6.07, 6.45) is 1.62. The fraction of sp³-hybridized carbons (Fsp3) is 0.143. The predicted molar refractivity (Wildman–Crippen MR) is 99.8 cm³/mol. The smallest absolute Gasteiger partial charge is 0.375 e. The quantitative estimate of drug-likeness (QED) is 0.412. The van der Waals surface area contributed by atoms with E-state index in [9.17, 15) is 9.59 Å². The number of furan rings is 1. The highest BCUT2D eigenvalue weighted by Crippen LogP contribution is 2.27. The third-order valence-electron chi connectivity index (χ3n) is 4.40. The van der Waals surface area contributed by atoms with Crippen molar-refractivity contribution in [1.29, 1.82) is 0 Å². The molecule has 0 radical (unpaired) electrons. The van der Waals surface area contributed by atoms with Gasteiger partial charge in [-0.05, 0) is 12.1 Å². The Balaban J connectivity index is 1.55. The van der Waals surface area contributed by atoms with Crippen LogP contribution in [0.15, 0.2) is 59.1 Å². The second-order valence-corrected chi connectivity index (χ2v) is 6.09. The number of esters is 1. The Kier molecular flexibility index (Phi) is 4.48. The number of hydrogen-bond donors (Lipinski definition) is 1. The Morgan fingerprint density at radius 3 is 2.59 bits per heavy atom. The first-order chi connectivity index (χ1) is 13.2. The number of aromatic nitrogens is 1. The van der Waals surface area contributed by atoms with Gasteiger partial charge in [0.2, 0.25) is 11.5 Å². The molecule has 0 amide bonds. The van der Waals surface area contributed by atoms with E-state index in [2.05, 4.69) is 4.98 Å². The third-order valence-corrected chi connectivity index (χ3v) is 4.40. The zero-order valence-electron chi connectivity index (χ0n) is 14.7. The van der Waals surface area contributed by atoms with Gasteiger partial charge in [0, 0.05) is 40.7 Å². The molecule has 136 valence electrons. The second-order valence-electron chi connectivity index (χ2n) is 6.09. The molecule has 0 aliphatic heterocycles. The predicted octanol–water partition coefficient (Wildman–Crippen LogP) is 4.10. The molecule has 2 aromatic heterocycles. The molecule has 2 heterocycles. The van der Waals surface area contributed by atoms with Crippen molar-refractivity contribution >= 4 is 33.6 Å². The van der Waals surface area contributed by atoms with Crippen LogP contribution >= 0.6 is 0 Å². The summed E-state index contributed by atoms with van der Waals surface area (Å²) in [6.45, 7) is -0.165. The first-order valence-electron chi connectivity index (χ1n) is 8.45. The molecule has 0 spiro atoms. The fourth-order valence-corrected chi connectivity index (χ4v) is 3.13. The molecule has 27 heavy (non-hydrogen) atoms. The molecule has 0 atom stereocenters. The number of ketones is 1. The van der Waals surface area contributed by atoms with Crippen molar-refractivity contribution in [3.8, 4) is 0 Å². The number of carbonyl (C=O) groups excluding carboxylic acids is 2. The summed E-state index contributed by atoms with van der Waals surface area (Å²) in [5.74, 6) is -0.915. The number of nitrogens with one attached hydrogen (secondary N) is 1. The van der Waals surface area contributed by atoms with Gasteiger partial charge in [-0.1, -0.05) is 36.4 Å². The maximum atomic E-state index is 12.5. The summed E-state index contributed by atoms with van der Waals surface area (Å²) < 4.78 is 16.0. The van der Waals surface area contributed by atoms with E-state index in [0.717, 1.165) is 16.3 Å². The number of hydrogen-bond acceptors (Lipinski definition) is 5. The maximum Gasteiger partial charge on any atom is 0.375 e. The van der Waals surface area contributed by atoms with Crippen LogP contribution in [0.5, 0.6) is 0 Å². The number of H-pyrrole nitrogens is 1. The molecule has 0 bridgehead atoms. The Morgan fingerprint density at radius 2 is 1.78 bits per heavy atom. The Morgan fingerprint density at radius 1 is 1.04 bits per heavy atom. The summed E-state index contributed by atoms with van der Waals surface area (Å²) >= 11 is 0. The van der Waals surface area contributed by atoms with Crippen molar-refractivity contribution in [2.24, 2.45) is 0 Å². The molecule has 0 saturated heterocycles. The lowest BCUT2D eigenvalue weighted by molar-refractivity contribution is 0.0441. The third kappa shape index (κ3) is 3.11. The van der Waals surface area contributed by atoms with E-state index in [1.54, 1.807) is 12.3 Å². The number of para-hydroxylation sites is 2. The van der Waals surface area contributed by atoms with Gasteiger partial charge in [0.05, 0.1) is 6.61 Å². The molecule has 1 N–H and O–H groups in total. The van der Waals surface area contributed by atoms with Gasteiger partial charge in [-0.15, -0.1) is 0 Å². The number of aromatic amines is 1. The molecule has 0 aliphatic carbocycles. The summed E-state index contributed by atoms with van der Waals surface area (Å²) in [7, 11) is 1.54. The average molecular weight is 363 g/mol. The van der Waals surface area contributed by atoms with Crippen molar-refractivity contribution in [3.05, 3.63) is 71.6 Å². The molecule has 6 heteroatoms. The van der Waals surface area contributed by atoms with Crippen LogP contribution in [0.25, 0.3) is 21.9 Å². The molecular weight excluding hydrogens is 346 g/mol. The molecule has 0 unspecified atom stereocenters. The van der Waals surface area contributed by atoms with E-state index < -0.39 is 5.97 Å². The van der Waals surface area contributed by atoms with E-state index >= 15 is 0 Å². The second kappa shape index (κ2) is 7.09. The van der Waals surface area contributed by atoms with E-state index in [1.807, 2.05) is 42.5 Å². The highest BCUT2D eigenvalue weighted by Gasteiger charge is 2.23. The lowest BCUT2D eigenvalue weighted by Gasteiger charge is -2.04. The van der Waals surface area contributed by atoms with Gasteiger partial charge in [-0.25, -0.2) is 4.79 Å². The van der Waals surface area contributed by atoms with Crippen LogP contribution in [-0.2, 0) is 16.1 Å². The van der Waals surface area contributed by atoms with Crippen molar-refractivity contribution in [2.45, 2.75) is 6.61 Å². The van der Waals surface area contributed by atoms with Gasteiger partial charge in [0.1, 0.15) is 5.58 Å². The standard InChI is InChI=1S/C21H17NO5/c1-25-11-16-14-7-3-5-9-19(14)27-20(16)21(24)26-12-18(23)15-10-22-17-8-4-2-6-13(15)17/h2-10,22H,11-12H2,1H3. The van der Waals surface area contributed by atoms with Gasteiger partial charge in [-0.2, -0.15) is 0 Å². The minimum absolute atomic E-state index is 0.0600. The largest absolute Gasteiger partial charge is 0.451 e. The van der Waals surface area contributed by atoms with E-state index in [-0.39, 0.29) is 24.8 Å². The van der Waals surface area contributed by atoms with Crippen LogP contribution in [-0.4, -0.2) is 30.5 Å². The van der Waals surface area contributed by atoms with Gasteiger partial charge >= 0.3 is 5.97 Å². The van der Waals surface area contributed by atoms with Crippen LogP contribution < -0.4 is 0 Å². The van der Waals surface area contributed by atoms with Crippen LogP contribution in [0.2, 0.25) is 0 Å². The van der Waals surface area contributed by atoms with Crippen molar-refractivity contribution in [3.63, 3.8) is 0 Å². The molecule has 2 aromatic carbocycles. The van der Waals surface area contributed by atoms with Crippen LogP contribution in [0.1, 0.15) is 26.5 Å². The zero-order chi connectivity index (χ0) is 18.8. The van der Waals surface area contributed by atoms with Crippen LogP contribution in [0.4, 0.5) is 0 Å². The molecule has 6 nitrogen and oxygen atoms in total. The highest BCUT2D eigenvalue weighted by molar-refractivity contribution is 6.09. The van der Waals surface area contributed by atoms with E-state index in [4.69, 9.17) is 13.9 Å². The van der Waals surface area contributed by atoms with Crippen LogP contribution in [0.3, 0.4) is 0 Å². The molecule has 0 saturated carbocycles. The summed E-state index contributed by atoms with van der Waals surface area (Å²) in [4.78, 5) is 28.0. The number of carbonyl (C=O) groups is 2. The monoisotopic (exact) mass is 363 g/mol. The number of methoxy groups -OCH3 is 1. The van der Waals surface area contributed by atoms with E-state index in [1.165, 1.54) is 7.11 Å². The molecule has 0 fully saturated rings. The number of Topliss-reactive ketones (excluding diaryl/α,β-unsaturated/α-hetero) is 1. The first-order valence-corrected chi connectivity index (χ1v) is 8.45.